The third-order valence-corrected chi connectivity index (χ3v) is 5.73. The van der Waals surface area contributed by atoms with Crippen molar-refractivity contribution in [3.8, 4) is 17.2 Å². The van der Waals surface area contributed by atoms with Crippen LogP contribution in [0.1, 0.15) is 30.0 Å². The first-order chi connectivity index (χ1) is 15.1. The lowest BCUT2D eigenvalue weighted by Gasteiger charge is -2.26. The molecule has 1 aliphatic heterocycles. The molecule has 4 rings (SSSR count). The van der Waals surface area contributed by atoms with E-state index in [-0.39, 0.29) is 12.1 Å². The third kappa shape index (κ3) is 4.61. The first-order valence-corrected chi connectivity index (χ1v) is 10.5. The van der Waals surface area contributed by atoms with Gasteiger partial charge in [-0.15, -0.1) is 0 Å². The molecule has 1 atom stereocenters. The lowest BCUT2D eigenvalue weighted by Crippen LogP contribution is -2.39. The fraction of sp³-hybridized carbons (Fsp3) is 0.304. The Hall–Kier alpha value is -3.19. The van der Waals surface area contributed by atoms with Crippen molar-refractivity contribution < 1.29 is 14.3 Å². The van der Waals surface area contributed by atoms with Gasteiger partial charge < -0.3 is 19.7 Å². The van der Waals surface area contributed by atoms with Crippen LogP contribution in [-0.2, 0) is 6.54 Å². The number of urea groups is 1. The molecule has 1 aromatic heterocycles. The van der Waals surface area contributed by atoms with E-state index in [0.717, 1.165) is 41.2 Å². The summed E-state index contributed by atoms with van der Waals surface area (Å²) >= 11 is 5.95. The molecule has 3 aromatic rings. The minimum Gasteiger partial charge on any atom is -0.497 e. The van der Waals surface area contributed by atoms with Gasteiger partial charge in [0.05, 0.1) is 32.1 Å². The molecule has 0 bridgehead atoms. The smallest absolute Gasteiger partial charge is 0.318 e. The average Bonchev–Trinajstić information content (AvgIpc) is 3.47. The quantitative estimate of drug-likeness (QED) is 0.608. The molecular formula is C23H25ClN4O3. The molecule has 8 heteroatoms. The molecule has 2 heterocycles. The van der Waals surface area contributed by atoms with Gasteiger partial charge in [-0.2, -0.15) is 5.10 Å². The normalized spacial score (nSPS) is 15.7. The Morgan fingerprint density at radius 3 is 2.74 bits per heavy atom. The number of aromatic nitrogens is 2. The Bertz CT molecular complexity index is 1050. The number of ether oxygens (including phenoxy) is 2. The second-order valence-electron chi connectivity index (χ2n) is 7.39. The SMILES string of the molecule is COc1ccc(OC)c(C2CCCN2C(=O)NCc2cnn(-c3ccc(Cl)cc3)c2)c1. The molecule has 1 unspecified atom stereocenters. The van der Waals surface area contributed by atoms with Gasteiger partial charge >= 0.3 is 6.03 Å². The predicted octanol–water partition coefficient (Wildman–Crippen LogP) is 4.59. The molecule has 31 heavy (non-hydrogen) atoms. The first-order valence-electron chi connectivity index (χ1n) is 10.1. The van der Waals surface area contributed by atoms with Crippen molar-refractivity contribution in [2.45, 2.75) is 25.4 Å². The minimum absolute atomic E-state index is 0.0539. The number of halogens is 1. The number of likely N-dealkylation sites (tertiary alicyclic amines) is 1. The predicted molar refractivity (Wildman–Crippen MR) is 119 cm³/mol. The zero-order chi connectivity index (χ0) is 21.8. The average molecular weight is 441 g/mol. The van der Waals surface area contributed by atoms with Gasteiger partial charge in [0.25, 0.3) is 0 Å². The van der Waals surface area contributed by atoms with Crippen LogP contribution >= 0.6 is 11.6 Å². The zero-order valence-electron chi connectivity index (χ0n) is 17.5. The number of carbonyl (C=O) groups excluding carboxylic acids is 1. The Kier molecular flexibility index (Phi) is 6.32. The number of methoxy groups -OCH3 is 2. The summed E-state index contributed by atoms with van der Waals surface area (Å²) < 4.78 is 12.7. The number of carbonyl (C=O) groups is 1. The largest absolute Gasteiger partial charge is 0.497 e. The van der Waals surface area contributed by atoms with Gasteiger partial charge in [0.2, 0.25) is 0 Å². The Balaban J connectivity index is 1.43. The van der Waals surface area contributed by atoms with E-state index < -0.39 is 0 Å². The summed E-state index contributed by atoms with van der Waals surface area (Å²) in [6.45, 7) is 1.09. The van der Waals surface area contributed by atoms with Crippen LogP contribution < -0.4 is 14.8 Å². The van der Waals surface area contributed by atoms with Gasteiger partial charge in [0.15, 0.2) is 0 Å². The zero-order valence-corrected chi connectivity index (χ0v) is 18.3. The van der Waals surface area contributed by atoms with Gasteiger partial charge in [-0.05, 0) is 55.3 Å². The molecule has 0 radical (unpaired) electrons. The molecule has 1 fully saturated rings. The van der Waals surface area contributed by atoms with Gasteiger partial charge in [-0.25, -0.2) is 9.48 Å². The summed E-state index contributed by atoms with van der Waals surface area (Å²) in [5.41, 5.74) is 2.79. The van der Waals surface area contributed by atoms with Crippen LogP contribution in [0.4, 0.5) is 4.79 Å². The lowest BCUT2D eigenvalue weighted by molar-refractivity contribution is 0.191. The van der Waals surface area contributed by atoms with Gasteiger partial charge in [-0.3, -0.25) is 0 Å². The summed E-state index contributed by atoms with van der Waals surface area (Å²) in [4.78, 5) is 14.8. The maximum atomic E-state index is 13.0. The van der Waals surface area contributed by atoms with E-state index in [2.05, 4.69) is 10.4 Å². The van der Waals surface area contributed by atoms with E-state index >= 15 is 0 Å². The van der Waals surface area contributed by atoms with Crippen molar-refractivity contribution >= 4 is 17.6 Å². The van der Waals surface area contributed by atoms with Gasteiger partial charge in [-0.1, -0.05) is 11.6 Å². The Morgan fingerprint density at radius 1 is 1.19 bits per heavy atom. The van der Waals surface area contributed by atoms with Crippen LogP contribution in [0.3, 0.4) is 0 Å². The summed E-state index contributed by atoms with van der Waals surface area (Å²) in [5, 5.41) is 8.07. The Morgan fingerprint density at radius 2 is 2.00 bits per heavy atom. The van der Waals surface area contributed by atoms with Crippen molar-refractivity contribution in [1.82, 2.24) is 20.0 Å². The summed E-state index contributed by atoms with van der Waals surface area (Å²) in [6.07, 6.45) is 5.47. The summed E-state index contributed by atoms with van der Waals surface area (Å²) in [7, 11) is 3.28. The van der Waals surface area contributed by atoms with Crippen LogP contribution in [0, 0.1) is 0 Å². The topological polar surface area (TPSA) is 68.6 Å². The van der Waals surface area contributed by atoms with Crippen molar-refractivity contribution in [3.05, 3.63) is 71.0 Å². The number of rotatable bonds is 6. The van der Waals surface area contributed by atoms with Crippen molar-refractivity contribution in [2.75, 3.05) is 20.8 Å². The third-order valence-electron chi connectivity index (χ3n) is 5.48. The van der Waals surface area contributed by atoms with E-state index in [9.17, 15) is 4.79 Å². The summed E-state index contributed by atoms with van der Waals surface area (Å²) in [5.74, 6) is 1.51. The Labute approximate surface area is 186 Å². The van der Waals surface area contributed by atoms with Crippen LogP contribution in [0.5, 0.6) is 11.5 Å². The number of amides is 2. The van der Waals surface area contributed by atoms with E-state index in [1.54, 1.807) is 25.1 Å². The second kappa shape index (κ2) is 9.31. The fourth-order valence-electron chi connectivity index (χ4n) is 3.90. The summed E-state index contributed by atoms with van der Waals surface area (Å²) in [6, 6.07) is 13.0. The molecule has 0 spiro atoms. The maximum Gasteiger partial charge on any atom is 0.318 e. The molecule has 7 nitrogen and oxygen atoms in total. The van der Waals surface area contributed by atoms with Crippen molar-refractivity contribution in [2.24, 2.45) is 0 Å². The van der Waals surface area contributed by atoms with Gasteiger partial charge in [0, 0.05) is 35.4 Å². The molecule has 1 saturated heterocycles. The highest BCUT2D eigenvalue weighted by atomic mass is 35.5. The monoisotopic (exact) mass is 440 g/mol. The molecule has 2 aromatic carbocycles. The van der Waals surface area contributed by atoms with Crippen molar-refractivity contribution in [3.63, 3.8) is 0 Å². The molecule has 162 valence electrons. The second-order valence-corrected chi connectivity index (χ2v) is 7.82. The van der Waals surface area contributed by atoms with Crippen LogP contribution in [0.15, 0.2) is 54.9 Å². The van der Waals surface area contributed by atoms with Gasteiger partial charge in [0.1, 0.15) is 11.5 Å². The highest BCUT2D eigenvalue weighted by Gasteiger charge is 2.32. The fourth-order valence-corrected chi connectivity index (χ4v) is 4.02. The molecular weight excluding hydrogens is 416 g/mol. The first kappa shape index (κ1) is 21.1. The molecule has 0 aliphatic carbocycles. The number of benzene rings is 2. The highest BCUT2D eigenvalue weighted by molar-refractivity contribution is 6.30. The lowest BCUT2D eigenvalue weighted by atomic mass is 10.0. The molecule has 2 amide bonds. The van der Waals surface area contributed by atoms with E-state index in [4.69, 9.17) is 21.1 Å². The maximum absolute atomic E-state index is 13.0. The number of hydrogen-bond acceptors (Lipinski definition) is 4. The number of hydrogen-bond donors (Lipinski definition) is 1. The standard InChI is InChI=1S/C23H25ClN4O3/c1-30-19-9-10-22(31-2)20(12-19)21-4-3-11-27(21)23(29)25-13-16-14-26-28(15-16)18-7-5-17(24)6-8-18/h5-10,12,14-15,21H,3-4,11,13H2,1-2H3,(H,25,29). The van der Waals surface area contributed by atoms with Crippen LogP contribution in [-0.4, -0.2) is 41.5 Å². The molecule has 0 saturated carbocycles. The van der Waals surface area contributed by atoms with Crippen molar-refractivity contribution in [1.29, 1.82) is 0 Å². The van der Waals surface area contributed by atoms with E-state index in [0.29, 0.717) is 18.1 Å². The van der Waals surface area contributed by atoms with Crippen LogP contribution in [0.25, 0.3) is 5.69 Å². The van der Waals surface area contributed by atoms with Crippen LogP contribution in [0.2, 0.25) is 5.02 Å². The molecule has 1 N–H and O–H groups in total. The van der Waals surface area contributed by atoms with E-state index in [1.165, 1.54) is 0 Å². The number of nitrogens with one attached hydrogen (secondary N) is 1. The molecule has 1 aliphatic rings. The van der Waals surface area contributed by atoms with E-state index in [1.807, 2.05) is 53.6 Å². The number of nitrogens with zero attached hydrogens (tertiary/aromatic N) is 3. The minimum atomic E-state index is -0.105. The highest BCUT2D eigenvalue weighted by Crippen LogP contribution is 2.38.